The number of amides is 1. The molecule has 1 N–H and O–H groups in total. The first-order chi connectivity index (χ1) is 14.1. The van der Waals surface area contributed by atoms with E-state index in [1.165, 1.54) is 0 Å². The fourth-order valence-corrected chi connectivity index (χ4v) is 3.19. The summed E-state index contributed by atoms with van der Waals surface area (Å²) >= 11 is 0. The van der Waals surface area contributed by atoms with Crippen LogP contribution in [0.25, 0.3) is 22.3 Å². The maximum absolute atomic E-state index is 12.8. The number of aromatic nitrogens is 4. The van der Waals surface area contributed by atoms with Gasteiger partial charge in [-0.05, 0) is 29.7 Å². The Bertz CT molecular complexity index is 1120. The van der Waals surface area contributed by atoms with Crippen LogP contribution < -0.4 is 5.32 Å². The second-order valence-corrected chi connectivity index (χ2v) is 7.16. The van der Waals surface area contributed by atoms with Crippen LogP contribution in [0.3, 0.4) is 0 Å². The molecule has 3 aromatic heterocycles. The van der Waals surface area contributed by atoms with Crippen LogP contribution >= 0.6 is 0 Å². The largest absolute Gasteiger partial charge is 0.344 e. The van der Waals surface area contributed by atoms with Gasteiger partial charge in [0.15, 0.2) is 0 Å². The Morgan fingerprint density at radius 3 is 2.72 bits per heavy atom. The molecule has 1 aromatic carbocycles. The summed E-state index contributed by atoms with van der Waals surface area (Å²) in [4.78, 5) is 25.7. The smallest absolute Gasteiger partial charge is 0.249 e. The fourth-order valence-electron chi connectivity index (χ4n) is 3.19. The molecule has 146 valence electrons. The number of benzene rings is 1. The summed E-state index contributed by atoms with van der Waals surface area (Å²) in [5.41, 5.74) is 2.48. The molecule has 0 bridgehead atoms. The molecule has 0 radical (unpaired) electrons. The Morgan fingerprint density at radius 1 is 1.10 bits per heavy atom. The van der Waals surface area contributed by atoms with E-state index >= 15 is 0 Å². The van der Waals surface area contributed by atoms with Gasteiger partial charge in [-0.2, -0.15) is 4.98 Å². The molecule has 1 amide bonds. The number of hydrogen-bond acceptors (Lipinski definition) is 6. The second kappa shape index (κ2) is 8.18. The number of fused-ring (bicyclic) bond motifs is 1. The summed E-state index contributed by atoms with van der Waals surface area (Å²) < 4.78 is 5.45. The Hall–Kier alpha value is -3.61. The Balaban J connectivity index is 1.53. The highest BCUT2D eigenvalue weighted by atomic mass is 16.5. The first-order valence-corrected chi connectivity index (χ1v) is 9.48. The van der Waals surface area contributed by atoms with E-state index in [0.29, 0.717) is 11.7 Å². The van der Waals surface area contributed by atoms with Crippen molar-refractivity contribution in [2.24, 2.45) is 5.92 Å². The van der Waals surface area contributed by atoms with E-state index in [1.807, 2.05) is 56.3 Å². The number of rotatable bonds is 6. The van der Waals surface area contributed by atoms with Crippen molar-refractivity contribution < 1.29 is 9.32 Å². The third kappa shape index (κ3) is 4.13. The molecular formula is C22H21N5O2. The number of carbonyl (C=O) groups excluding carboxylic acids is 1. The standard InChI is InChI=1S/C22H21N5O2/c1-14(2)19(22-26-21(27-29-22)17-9-4-10-23-13-17)25-18(28)12-16-7-3-6-15-8-5-11-24-20(15)16/h3-11,13-14,19H,12H2,1-2H3,(H,25,28). The predicted molar refractivity (Wildman–Crippen MR) is 109 cm³/mol. The van der Waals surface area contributed by atoms with Crippen LogP contribution in [0.2, 0.25) is 0 Å². The molecule has 0 spiro atoms. The minimum atomic E-state index is -0.386. The van der Waals surface area contributed by atoms with Gasteiger partial charge in [-0.1, -0.05) is 43.3 Å². The van der Waals surface area contributed by atoms with Gasteiger partial charge in [0, 0.05) is 29.5 Å². The highest BCUT2D eigenvalue weighted by Gasteiger charge is 2.25. The molecule has 4 aromatic rings. The van der Waals surface area contributed by atoms with E-state index in [4.69, 9.17) is 4.52 Å². The summed E-state index contributed by atoms with van der Waals surface area (Å²) in [6.45, 7) is 4.00. The third-order valence-electron chi connectivity index (χ3n) is 4.68. The maximum Gasteiger partial charge on any atom is 0.249 e. The summed E-state index contributed by atoms with van der Waals surface area (Å²) in [5, 5.41) is 8.08. The molecular weight excluding hydrogens is 366 g/mol. The number of para-hydroxylation sites is 1. The predicted octanol–water partition coefficient (Wildman–Crippen LogP) is 3.74. The molecule has 1 unspecified atom stereocenters. The zero-order chi connectivity index (χ0) is 20.2. The lowest BCUT2D eigenvalue weighted by Crippen LogP contribution is -2.33. The normalized spacial score (nSPS) is 12.2. The van der Waals surface area contributed by atoms with E-state index in [1.54, 1.807) is 18.6 Å². The first-order valence-electron chi connectivity index (χ1n) is 9.48. The van der Waals surface area contributed by atoms with E-state index in [-0.39, 0.29) is 24.3 Å². The van der Waals surface area contributed by atoms with Crippen molar-refractivity contribution in [3.8, 4) is 11.4 Å². The lowest BCUT2D eigenvalue weighted by Gasteiger charge is -2.18. The molecule has 7 nitrogen and oxygen atoms in total. The van der Waals surface area contributed by atoms with Gasteiger partial charge in [0.25, 0.3) is 0 Å². The van der Waals surface area contributed by atoms with Gasteiger partial charge in [-0.25, -0.2) is 0 Å². The maximum atomic E-state index is 12.8. The van der Waals surface area contributed by atoms with Crippen molar-refractivity contribution >= 4 is 16.8 Å². The molecule has 0 aliphatic rings. The van der Waals surface area contributed by atoms with Crippen LogP contribution in [0.4, 0.5) is 0 Å². The highest BCUT2D eigenvalue weighted by Crippen LogP contribution is 2.24. The zero-order valence-corrected chi connectivity index (χ0v) is 16.2. The summed E-state index contributed by atoms with van der Waals surface area (Å²) in [6.07, 6.45) is 5.31. The molecule has 7 heteroatoms. The Labute approximate surface area is 168 Å². The van der Waals surface area contributed by atoms with Gasteiger partial charge in [0.1, 0.15) is 6.04 Å². The van der Waals surface area contributed by atoms with Crippen LogP contribution in [-0.2, 0) is 11.2 Å². The van der Waals surface area contributed by atoms with Crippen molar-refractivity contribution in [3.63, 3.8) is 0 Å². The summed E-state index contributed by atoms with van der Waals surface area (Å²) in [5.74, 6) is 0.782. The Morgan fingerprint density at radius 2 is 1.93 bits per heavy atom. The minimum absolute atomic E-state index is 0.0757. The molecule has 0 aliphatic carbocycles. The highest BCUT2D eigenvalue weighted by molar-refractivity contribution is 5.87. The van der Waals surface area contributed by atoms with Gasteiger partial charge in [-0.3, -0.25) is 14.8 Å². The second-order valence-electron chi connectivity index (χ2n) is 7.16. The van der Waals surface area contributed by atoms with Gasteiger partial charge < -0.3 is 9.84 Å². The Kier molecular flexibility index (Phi) is 5.29. The summed E-state index contributed by atoms with van der Waals surface area (Å²) in [7, 11) is 0. The van der Waals surface area contributed by atoms with Crippen molar-refractivity contribution in [2.45, 2.75) is 26.3 Å². The van der Waals surface area contributed by atoms with Gasteiger partial charge in [0.2, 0.25) is 17.6 Å². The molecule has 0 aliphatic heterocycles. The average molecular weight is 387 g/mol. The topological polar surface area (TPSA) is 93.8 Å². The van der Waals surface area contributed by atoms with Crippen LogP contribution in [-0.4, -0.2) is 26.0 Å². The van der Waals surface area contributed by atoms with Crippen molar-refractivity contribution in [1.29, 1.82) is 0 Å². The third-order valence-corrected chi connectivity index (χ3v) is 4.68. The van der Waals surface area contributed by atoms with Crippen LogP contribution in [0, 0.1) is 5.92 Å². The quantitative estimate of drug-likeness (QED) is 0.542. The molecule has 29 heavy (non-hydrogen) atoms. The number of hydrogen-bond donors (Lipinski definition) is 1. The number of pyridine rings is 2. The van der Waals surface area contributed by atoms with Crippen LogP contribution in [0.5, 0.6) is 0 Å². The minimum Gasteiger partial charge on any atom is -0.344 e. The fraction of sp³-hybridized carbons (Fsp3) is 0.227. The molecule has 1 atom stereocenters. The van der Waals surface area contributed by atoms with Gasteiger partial charge in [-0.15, -0.1) is 0 Å². The SMILES string of the molecule is CC(C)C(NC(=O)Cc1cccc2cccnc12)c1nc(-c2cccnc2)no1. The molecule has 0 saturated carbocycles. The molecule has 4 rings (SSSR count). The van der Waals surface area contributed by atoms with E-state index in [9.17, 15) is 4.79 Å². The molecule has 0 fully saturated rings. The molecule has 0 saturated heterocycles. The van der Waals surface area contributed by atoms with Crippen LogP contribution in [0.1, 0.15) is 31.3 Å². The number of nitrogens with zero attached hydrogens (tertiary/aromatic N) is 4. The monoisotopic (exact) mass is 387 g/mol. The zero-order valence-electron chi connectivity index (χ0n) is 16.2. The summed E-state index contributed by atoms with van der Waals surface area (Å²) in [6, 6.07) is 13.0. The lowest BCUT2D eigenvalue weighted by atomic mass is 10.0. The van der Waals surface area contributed by atoms with E-state index < -0.39 is 0 Å². The average Bonchev–Trinajstić information content (AvgIpc) is 3.22. The lowest BCUT2D eigenvalue weighted by molar-refractivity contribution is -0.121. The number of carbonyl (C=O) groups is 1. The van der Waals surface area contributed by atoms with Crippen molar-refractivity contribution in [2.75, 3.05) is 0 Å². The van der Waals surface area contributed by atoms with Crippen molar-refractivity contribution in [3.05, 3.63) is 72.5 Å². The van der Waals surface area contributed by atoms with E-state index in [2.05, 4.69) is 25.4 Å². The van der Waals surface area contributed by atoms with Crippen molar-refractivity contribution in [1.82, 2.24) is 25.4 Å². The van der Waals surface area contributed by atoms with Gasteiger partial charge in [0.05, 0.1) is 11.9 Å². The van der Waals surface area contributed by atoms with E-state index in [0.717, 1.165) is 22.0 Å². The molecule has 3 heterocycles. The number of nitrogens with one attached hydrogen (secondary N) is 1. The van der Waals surface area contributed by atoms with Crippen LogP contribution in [0.15, 0.2) is 65.6 Å². The first kappa shape index (κ1) is 18.7. The van der Waals surface area contributed by atoms with Gasteiger partial charge >= 0.3 is 0 Å².